The van der Waals surface area contributed by atoms with Gasteiger partial charge in [-0.15, -0.1) is 0 Å². The van der Waals surface area contributed by atoms with Crippen molar-refractivity contribution in [3.05, 3.63) is 96.1 Å². The molecule has 0 bridgehead atoms. The Labute approximate surface area is 168 Å². The molecule has 0 atom stereocenters. The Morgan fingerprint density at radius 1 is 0.519 bits per heavy atom. The number of rotatable bonds is 2. The smallest absolute Gasteiger partial charge is 0.545 e. The average Bonchev–Trinajstić information content (AvgIpc) is 2.67. The minimum absolute atomic E-state index is 0. The summed E-state index contributed by atoms with van der Waals surface area (Å²) < 4.78 is 0. The van der Waals surface area contributed by atoms with Crippen molar-refractivity contribution < 1.29 is 39.3 Å². The number of benzene rings is 4. The summed E-state index contributed by atoms with van der Waals surface area (Å²) in [5.41, 5.74) is 0.442. The van der Waals surface area contributed by atoms with Gasteiger partial charge in [0.1, 0.15) is 0 Å². The molecule has 4 aromatic carbocycles. The Hall–Kier alpha value is -3.04. The van der Waals surface area contributed by atoms with E-state index in [4.69, 9.17) is 0 Å². The number of carboxylic acids is 2. The fourth-order valence-corrected chi connectivity index (χ4v) is 2.63. The zero-order valence-electron chi connectivity index (χ0n) is 14.4. The van der Waals surface area contributed by atoms with E-state index in [0.717, 1.165) is 21.5 Å². The molecule has 0 aliphatic carbocycles. The third-order valence-corrected chi connectivity index (χ3v) is 3.97. The van der Waals surface area contributed by atoms with Gasteiger partial charge in [-0.1, -0.05) is 72.8 Å². The minimum atomic E-state index is -1.13. The van der Waals surface area contributed by atoms with E-state index in [9.17, 15) is 19.8 Å². The topological polar surface area (TPSA) is 80.3 Å². The third kappa shape index (κ3) is 4.99. The van der Waals surface area contributed by atoms with Crippen LogP contribution in [0.4, 0.5) is 0 Å². The Kier molecular flexibility index (Phi) is 6.81. The van der Waals surface area contributed by atoms with Crippen LogP contribution in [0, 0.1) is 0 Å². The Balaban J connectivity index is 0.000000187. The van der Waals surface area contributed by atoms with Crippen LogP contribution >= 0.6 is 0 Å². The molecule has 0 saturated heterocycles. The monoisotopic (exact) mass is 406 g/mol. The number of carboxylic acid groups (broad SMARTS) is 2. The SMILES string of the molecule is O=C([O-])c1ccc2ccccc2c1.O=C([O-])c1ccc2ccccc2c1.[Zn+2]. The largest absolute Gasteiger partial charge is 2.00 e. The first-order valence-electron chi connectivity index (χ1n) is 7.95. The number of hydrogen-bond donors (Lipinski definition) is 0. The van der Waals surface area contributed by atoms with Gasteiger partial charge in [0.2, 0.25) is 0 Å². The summed E-state index contributed by atoms with van der Waals surface area (Å²) >= 11 is 0. The summed E-state index contributed by atoms with van der Waals surface area (Å²) in [5, 5.41) is 25.0. The number of fused-ring (bicyclic) bond motifs is 2. The maximum absolute atomic E-state index is 10.5. The van der Waals surface area contributed by atoms with Crippen LogP contribution < -0.4 is 10.2 Å². The molecule has 0 aliphatic heterocycles. The van der Waals surface area contributed by atoms with Crippen LogP contribution in [0.3, 0.4) is 0 Å². The van der Waals surface area contributed by atoms with E-state index in [0.29, 0.717) is 0 Å². The van der Waals surface area contributed by atoms with Crippen molar-refractivity contribution in [3.63, 3.8) is 0 Å². The van der Waals surface area contributed by atoms with Crippen LogP contribution in [0.25, 0.3) is 21.5 Å². The molecule has 0 radical (unpaired) electrons. The molecule has 4 nitrogen and oxygen atoms in total. The summed E-state index contributed by atoms with van der Waals surface area (Å²) in [6.07, 6.45) is 0. The van der Waals surface area contributed by atoms with Crippen LogP contribution in [0.1, 0.15) is 20.7 Å². The van der Waals surface area contributed by atoms with Gasteiger partial charge in [-0.05, 0) is 44.8 Å². The molecule has 0 amide bonds. The van der Waals surface area contributed by atoms with Gasteiger partial charge < -0.3 is 19.8 Å². The number of aromatic carboxylic acids is 2. The Morgan fingerprint density at radius 2 is 0.852 bits per heavy atom. The fraction of sp³-hybridized carbons (Fsp3) is 0. The second-order valence-corrected chi connectivity index (χ2v) is 5.70. The van der Waals surface area contributed by atoms with Crippen LogP contribution in [0.5, 0.6) is 0 Å². The molecule has 0 spiro atoms. The van der Waals surface area contributed by atoms with E-state index in [2.05, 4.69) is 0 Å². The van der Waals surface area contributed by atoms with Crippen LogP contribution in [0.15, 0.2) is 84.9 Å². The Bertz CT molecular complexity index is 1020. The van der Waals surface area contributed by atoms with Crippen molar-refractivity contribution in [1.82, 2.24) is 0 Å². The molecule has 0 heterocycles. The van der Waals surface area contributed by atoms with Crippen LogP contribution in [0.2, 0.25) is 0 Å². The molecule has 0 saturated carbocycles. The zero-order chi connectivity index (χ0) is 18.5. The first-order valence-corrected chi connectivity index (χ1v) is 7.95. The molecule has 0 unspecified atom stereocenters. The predicted molar refractivity (Wildman–Crippen MR) is 96.6 cm³/mol. The normalized spacial score (nSPS) is 9.78. The molecule has 4 aromatic rings. The van der Waals surface area contributed by atoms with Gasteiger partial charge in [0.25, 0.3) is 0 Å². The second kappa shape index (κ2) is 9.06. The average molecular weight is 408 g/mol. The van der Waals surface area contributed by atoms with Crippen LogP contribution in [-0.4, -0.2) is 11.9 Å². The molecule has 0 fully saturated rings. The fourth-order valence-electron chi connectivity index (χ4n) is 2.63. The third-order valence-electron chi connectivity index (χ3n) is 3.97. The first-order chi connectivity index (χ1) is 12.5. The van der Waals surface area contributed by atoms with Gasteiger partial charge in [-0.3, -0.25) is 0 Å². The van der Waals surface area contributed by atoms with E-state index in [1.54, 1.807) is 36.4 Å². The standard InChI is InChI=1S/2C11H8O2.Zn/c2*12-11(13)10-6-5-8-3-1-2-4-9(8)7-10;/h2*1-7H,(H,12,13);/q;;+2/p-2. The van der Waals surface area contributed by atoms with Crippen molar-refractivity contribution in [2.45, 2.75) is 0 Å². The van der Waals surface area contributed by atoms with Crippen LogP contribution in [-0.2, 0) is 19.5 Å². The van der Waals surface area contributed by atoms with Crippen molar-refractivity contribution >= 4 is 33.5 Å². The zero-order valence-corrected chi connectivity index (χ0v) is 17.4. The van der Waals surface area contributed by atoms with Gasteiger partial charge in [-0.2, -0.15) is 0 Å². The molecule has 0 aromatic heterocycles. The van der Waals surface area contributed by atoms with Gasteiger partial charge in [0, 0.05) is 0 Å². The van der Waals surface area contributed by atoms with Gasteiger partial charge in [0.15, 0.2) is 0 Å². The summed E-state index contributed by atoms with van der Waals surface area (Å²) in [5.74, 6) is -2.27. The molecule has 0 N–H and O–H groups in total. The molecule has 0 aliphatic rings. The van der Waals surface area contributed by atoms with Crippen molar-refractivity contribution in [2.24, 2.45) is 0 Å². The van der Waals surface area contributed by atoms with Crippen molar-refractivity contribution in [3.8, 4) is 0 Å². The van der Waals surface area contributed by atoms with E-state index in [1.165, 1.54) is 0 Å². The molecule has 4 rings (SSSR count). The second-order valence-electron chi connectivity index (χ2n) is 5.70. The maximum atomic E-state index is 10.5. The molecule has 27 heavy (non-hydrogen) atoms. The minimum Gasteiger partial charge on any atom is -0.545 e. The van der Waals surface area contributed by atoms with Gasteiger partial charge >= 0.3 is 19.5 Å². The number of hydrogen-bond acceptors (Lipinski definition) is 4. The van der Waals surface area contributed by atoms with Gasteiger partial charge in [0.05, 0.1) is 11.9 Å². The predicted octanol–water partition coefficient (Wildman–Crippen LogP) is 2.40. The van der Waals surface area contributed by atoms with Gasteiger partial charge in [-0.25, -0.2) is 0 Å². The summed E-state index contributed by atoms with van der Waals surface area (Å²) in [4.78, 5) is 21.1. The van der Waals surface area contributed by atoms with E-state index >= 15 is 0 Å². The van der Waals surface area contributed by atoms with E-state index in [1.807, 2.05) is 48.5 Å². The summed E-state index contributed by atoms with van der Waals surface area (Å²) in [7, 11) is 0. The molecular formula is C22H14O4Zn. The molecule has 128 valence electrons. The summed E-state index contributed by atoms with van der Waals surface area (Å²) in [6.45, 7) is 0. The number of carbonyl (C=O) groups is 2. The number of carbonyl (C=O) groups excluding carboxylic acids is 2. The maximum Gasteiger partial charge on any atom is 2.00 e. The first kappa shape index (κ1) is 20.3. The molecular weight excluding hydrogens is 394 g/mol. The quantitative estimate of drug-likeness (QED) is 0.478. The Morgan fingerprint density at radius 3 is 1.19 bits per heavy atom. The summed E-state index contributed by atoms with van der Waals surface area (Å²) in [6, 6.07) is 25.1. The van der Waals surface area contributed by atoms with E-state index < -0.39 is 11.9 Å². The van der Waals surface area contributed by atoms with Crippen molar-refractivity contribution in [2.75, 3.05) is 0 Å². The van der Waals surface area contributed by atoms with Crippen molar-refractivity contribution in [1.29, 1.82) is 0 Å². The van der Waals surface area contributed by atoms with E-state index in [-0.39, 0.29) is 30.6 Å². The molecule has 5 heteroatoms.